The van der Waals surface area contributed by atoms with Crippen molar-refractivity contribution < 1.29 is 13.9 Å². The van der Waals surface area contributed by atoms with Crippen molar-refractivity contribution >= 4 is 11.9 Å². The number of anilines is 1. The molecule has 18 heavy (non-hydrogen) atoms. The normalized spacial score (nSPS) is 12.2. The fraction of sp³-hybridized carbons (Fsp3) is 0.700. The maximum atomic E-state index is 11.6. The first kappa shape index (κ1) is 14.4. The van der Waals surface area contributed by atoms with E-state index >= 15 is 0 Å². The molecule has 0 aliphatic heterocycles. The summed E-state index contributed by atoms with van der Waals surface area (Å²) in [7, 11) is 3.36. The first-order valence-corrected chi connectivity index (χ1v) is 5.67. The van der Waals surface area contributed by atoms with Crippen LogP contribution in [0.3, 0.4) is 0 Å². The first-order chi connectivity index (χ1) is 8.67. The number of amides is 1. The molecule has 8 nitrogen and oxygen atoms in total. The first-order valence-electron chi connectivity index (χ1n) is 5.67. The largest absolute Gasteiger partial charge is 0.407 e. The molecule has 0 aliphatic carbocycles. The van der Waals surface area contributed by atoms with Gasteiger partial charge in [0.25, 0.3) is 0 Å². The summed E-state index contributed by atoms with van der Waals surface area (Å²) < 4.78 is 10.1. The van der Waals surface area contributed by atoms with Gasteiger partial charge in [0.1, 0.15) is 6.04 Å². The number of hydrogen-bond acceptors (Lipinski definition) is 7. The Morgan fingerprint density at radius 2 is 2.28 bits per heavy atom. The molecule has 3 N–H and O–H groups in total. The second-order valence-electron chi connectivity index (χ2n) is 3.68. The monoisotopic (exact) mass is 257 g/mol. The quantitative estimate of drug-likeness (QED) is 0.532. The van der Waals surface area contributed by atoms with Crippen molar-refractivity contribution in [3.63, 3.8) is 0 Å². The number of ether oxygens (including phenoxy) is 1. The minimum Gasteiger partial charge on any atom is -0.407 e. The Morgan fingerprint density at radius 1 is 1.50 bits per heavy atom. The van der Waals surface area contributed by atoms with Crippen LogP contribution in [0.25, 0.3) is 0 Å². The van der Waals surface area contributed by atoms with Crippen molar-refractivity contribution in [3.8, 4) is 0 Å². The lowest BCUT2D eigenvalue weighted by molar-refractivity contribution is -0.121. The fourth-order valence-corrected chi connectivity index (χ4v) is 1.21. The highest BCUT2D eigenvalue weighted by atomic mass is 16.5. The van der Waals surface area contributed by atoms with Gasteiger partial charge >= 0.3 is 6.01 Å². The molecule has 1 aromatic rings. The zero-order valence-electron chi connectivity index (χ0n) is 10.8. The van der Waals surface area contributed by atoms with E-state index in [1.54, 1.807) is 21.1 Å². The molecule has 0 saturated heterocycles. The Kier molecular flexibility index (Phi) is 6.09. The molecule has 0 fully saturated rings. The summed E-state index contributed by atoms with van der Waals surface area (Å²) in [5.74, 6) is 0.312. The molecule has 0 saturated carbocycles. The van der Waals surface area contributed by atoms with Crippen LogP contribution in [0.1, 0.15) is 12.8 Å². The van der Waals surface area contributed by atoms with E-state index in [4.69, 9.17) is 9.15 Å². The average Bonchev–Trinajstić information content (AvgIpc) is 2.77. The molecular weight excluding hydrogens is 238 g/mol. The molecule has 0 bridgehead atoms. The number of nitrogens with one attached hydrogen (secondary N) is 3. The van der Waals surface area contributed by atoms with Crippen LogP contribution in [0.15, 0.2) is 4.42 Å². The number of aromatic nitrogens is 2. The SMILES string of the molecule is CNCc1nnc(NC(C)C(=O)NCCOC)o1. The maximum Gasteiger partial charge on any atom is 0.316 e. The molecular formula is C10H19N5O3. The van der Waals surface area contributed by atoms with Crippen molar-refractivity contribution in [3.05, 3.63) is 5.89 Å². The zero-order chi connectivity index (χ0) is 13.4. The Bertz CT molecular complexity index is 368. The van der Waals surface area contributed by atoms with E-state index in [-0.39, 0.29) is 11.9 Å². The number of carbonyl (C=O) groups is 1. The Labute approximate surface area is 105 Å². The molecule has 0 radical (unpaired) electrons. The second-order valence-corrected chi connectivity index (χ2v) is 3.68. The van der Waals surface area contributed by atoms with Gasteiger partial charge in [0, 0.05) is 13.7 Å². The van der Waals surface area contributed by atoms with E-state index in [2.05, 4.69) is 26.1 Å². The second kappa shape index (κ2) is 7.62. The van der Waals surface area contributed by atoms with Crippen molar-refractivity contribution in [1.82, 2.24) is 20.8 Å². The van der Waals surface area contributed by atoms with Gasteiger partial charge < -0.3 is 25.1 Å². The highest BCUT2D eigenvalue weighted by Gasteiger charge is 2.15. The molecule has 0 aromatic carbocycles. The van der Waals surface area contributed by atoms with Gasteiger partial charge in [0.2, 0.25) is 11.8 Å². The van der Waals surface area contributed by atoms with Crippen molar-refractivity contribution in [2.45, 2.75) is 19.5 Å². The molecule has 0 spiro atoms. The summed E-state index contributed by atoms with van der Waals surface area (Å²) in [4.78, 5) is 11.6. The van der Waals surface area contributed by atoms with Crippen LogP contribution >= 0.6 is 0 Å². The summed E-state index contributed by atoms with van der Waals surface area (Å²) in [6.07, 6.45) is 0. The lowest BCUT2D eigenvalue weighted by atomic mass is 10.3. The molecule has 0 aliphatic rings. The third-order valence-corrected chi connectivity index (χ3v) is 2.13. The summed E-state index contributed by atoms with van der Waals surface area (Å²) in [5, 5.41) is 16.0. The Morgan fingerprint density at radius 3 is 2.94 bits per heavy atom. The van der Waals surface area contributed by atoms with Crippen LogP contribution in [0.2, 0.25) is 0 Å². The number of hydrogen-bond donors (Lipinski definition) is 3. The van der Waals surface area contributed by atoms with E-state index in [1.807, 2.05) is 0 Å². The molecule has 1 aromatic heterocycles. The predicted octanol–water partition coefficient (Wildman–Crippen LogP) is -0.648. The van der Waals surface area contributed by atoms with Gasteiger partial charge in [-0.2, -0.15) is 0 Å². The van der Waals surface area contributed by atoms with E-state index in [0.29, 0.717) is 25.6 Å². The van der Waals surface area contributed by atoms with Crippen molar-refractivity contribution in [2.75, 3.05) is 32.6 Å². The van der Waals surface area contributed by atoms with E-state index < -0.39 is 6.04 Å². The summed E-state index contributed by atoms with van der Waals surface area (Å²) in [6.45, 7) is 3.15. The Balaban J connectivity index is 2.37. The molecule has 1 amide bonds. The van der Waals surface area contributed by atoms with Crippen molar-refractivity contribution in [2.24, 2.45) is 0 Å². The third-order valence-electron chi connectivity index (χ3n) is 2.13. The van der Waals surface area contributed by atoms with Crippen molar-refractivity contribution in [1.29, 1.82) is 0 Å². The minimum absolute atomic E-state index is 0.152. The van der Waals surface area contributed by atoms with Crippen LogP contribution in [0.5, 0.6) is 0 Å². The molecule has 1 unspecified atom stereocenters. The molecule has 1 rings (SSSR count). The van der Waals surface area contributed by atoms with E-state index in [1.165, 1.54) is 0 Å². The number of methoxy groups -OCH3 is 1. The molecule has 1 heterocycles. The minimum atomic E-state index is -0.454. The number of rotatable bonds is 8. The van der Waals surface area contributed by atoms with Gasteiger partial charge in [-0.1, -0.05) is 5.10 Å². The number of carbonyl (C=O) groups excluding carboxylic acids is 1. The van der Waals surface area contributed by atoms with Gasteiger partial charge in [0.15, 0.2) is 0 Å². The van der Waals surface area contributed by atoms with Gasteiger partial charge in [-0.05, 0) is 14.0 Å². The summed E-state index contributed by atoms with van der Waals surface area (Å²) in [6, 6.07) is -0.223. The predicted molar refractivity (Wildman–Crippen MR) is 65.0 cm³/mol. The average molecular weight is 257 g/mol. The highest BCUT2D eigenvalue weighted by molar-refractivity contribution is 5.83. The van der Waals surface area contributed by atoms with E-state index in [0.717, 1.165) is 0 Å². The van der Waals surface area contributed by atoms with Gasteiger partial charge in [0.05, 0.1) is 13.2 Å². The third kappa shape index (κ3) is 4.68. The smallest absolute Gasteiger partial charge is 0.316 e. The van der Waals surface area contributed by atoms with Crippen LogP contribution in [0, 0.1) is 0 Å². The molecule has 8 heteroatoms. The van der Waals surface area contributed by atoms with Crippen LogP contribution in [-0.4, -0.2) is 49.5 Å². The number of nitrogens with zero attached hydrogens (tertiary/aromatic N) is 2. The van der Waals surface area contributed by atoms with Gasteiger partial charge in [-0.25, -0.2) is 0 Å². The highest BCUT2D eigenvalue weighted by Crippen LogP contribution is 2.06. The lowest BCUT2D eigenvalue weighted by Crippen LogP contribution is -2.39. The lowest BCUT2D eigenvalue weighted by Gasteiger charge is -2.11. The van der Waals surface area contributed by atoms with Crippen LogP contribution in [-0.2, 0) is 16.1 Å². The Hall–Kier alpha value is -1.67. The maximum absolute atomic E-state index is 11.6. The van der Waals surface area contributed by atoms with Gasteiger partial charge in [-0.15, -0.1) is 5.10 Å². The summed E-state index contributed by atoms with van der Waals surface area (Å²) in [5.41, 5.74) is 0. The summed E-state index contributed by atoms with van der Waals surface area (Å²) >= 11 is 0. The zero-order valence-corrected chi connectivity index (χ0v) is 10.8. The molecule has 102 valence electrons. The van der Waals surface area contributed by atoms with Gasteiger partial charge in [-0.3, -0.25) is 4.79 Å². The standard InChI is InChI=1S/C10H19N5O3/c1-7(9(16)12-4-5-17-3)13-10-15-14-8(18-10)6-11-2/h7,11H,4-6H2,1-3H3,(H,12,16)(H,13,15). The van der Waals surface area contributed by atoms with Crippen LogP contribution in [0.4, 0.5) is 6.01 Å². The topological polar surface area (TPSA) is 101 Å². The fourth-order valence-electron chi connectivity index (χ4n) is 1.21. The van der Waals surface area contributed by atoms with Crippen LogP contribution < -0.4 is 16.0 Å². The molecule has 1 atom stereocenters. The van der Waals surface area contributed by atoms with E-state index in [9.17, 15) is 4.79 Å².